The lowest BCUT2D eigenvalue weighted by atomic mass is 10.1. The van der Waals surface area contributed by atoms with E-state index in [9.17, 15) is 0 Å². The SMILES string of the molecule is Cn1c2cc(-n3c4ccccc4c4ccccc43)ccc2c2ccc3c(c4ccccc4n3-c3ccccc3)c21. The van der Waals surface area contributed by atoms with Crippen molar-refractivity contribution in [3.63, 3.8) is 0 Å². The summed E-state index contributed by atoms with van der Waals surface area (Å²) in [4.78, 5) is 0. The molecule has 6 aromatic carbocycles. The van der Waals surface area contributed by atoms with Gasteiger partial charge < -0.3 is 13.7 Å². The molecule has 0 spiro atoms. The third-order valence-electron chi connectivity index (χ3n) is 8.63. The Labute approximate surface area is 230 Å². The standard InChI is InChI=1S/C37H25N3/c1-38-35-23-25(40-31-16-8-5-13-26(31)27-14-6-9-17-32(27)40)19-20-28(35)29-21-22-34-36(37(29)38)30-15-7-10-18-33(30)39(34)24-11-3-2-4-12-24/h2-23H,1H3. The van der Waals surface area contributed by atoms with E-state index >= 15 is 0 Å². The number of hydrogen-bond donors (Lipinski definition) is 0. The molecule has 0 bridgehead atoms. The molecule has 188 valence electrons. The molecule has 3 heteroatoms. The smallest absolute Gasteiger partial charge is 0.0590 e. The molecule has 0 amide bonds. The summed E-state index contributed by atoms with van der Waals surface area (Å²) in [5.41, 5.74) is 9.79. The first-order chi connectivity index (χ1) is 19.8. The monoisotopic (exact) mass is 511 g/mol. The Balaban J connectivity index is 1.39. The fourth-order valence-corrected chi connectivity index (χ4v) is 6.95. The van der Waals surface area contributed by atoms with Gasteiger partial charge in [-0.25, -0.2) is 0 Å². The van der Waals surface area contributed by atoms with Crippen molar-refractivity contribution in [1.29, 1.82) is 0 Å². The molecule has 0 fully saturated rings. The normalized spacial score (nSPS) is 12.1. The predicted octanol–water partition coefficient (Wildman–Crippen LogP) is 9.53. The van der Waals surface area contributed by atoms with E-state index in [4.69, 9.17) is 0 Å². The van der Waals surface area contributed by atoms with Crippen LogP contribution in [0.5, 0.6) is 0 Å². The number of fused-ring (bicyclic) bond motifs is 10. The van der Waals surface area contributed by atoms with E-state index < -0.39 is 0 Å². The first-order valence-electron chi connectivity index (χ1n) is 13.8. The second-order valence-electron chi connectivity index (χ2n) is 10.7. The van der Waals surface area contributed by atoms with Gasteiger partial charge in [0.05, 0.1) is 33.1 Å². The average molecular weight is 512 g/mol. The number of hydrogen-bond acceptors (Lipinski definition) is 0. The molecule has 0 atom stereocenters. The van der Waals surface area contributed by atoms with Crippen molar-refractivity contribution in [1.82, 2.24) is 13.7 Å². The fourth-order valence-electron chi connectivity index (χ4n) is 6.95. The zero-order valence-electron chi connectivity index (χ0n) is 22.0. The van der Waals surface area contributed by atoms with Gasteiger partial charge in [0, 0.05) is 50.7 Å². The minimum atomic E-state index is 1.18. The van der Waals surface area contributed by atoms with Crippen molar-refractivity contribution >= 4 is 65.4 Å². The van der Waals surface area contributed by atoms with Crippen molar-refractivity contribution in [2.45, 2.75) is 0 Å². The van der Waals surface area contributed by atoms with Crippen LogP contribution in [0.1, 0.15) is 0 Å². The molecule has 0 saturated heterocycles. The van der Waals surface area contributed by atoms with Gasteiger partial charge in [0.2, 0.25) is 0 Å². The van der Waals surface area contributed by atoms with Crippen LogP contribution in [0.25, 0.3) is 76.8 Å². The molecule has 0 unspecified atom stereocenters. The zero-order valence-corrected chi connectivity index (χ0v) is 22.0. The molecule has 3 heterocycles. The van der Waals surface area contributed by atoms with Crippen LogP contribution in [0.4, 0.5) is 0 Å². The molecule has 0 saturated carbocycles. The van der Waals surface area contributed by atoms with Crippen molar-refractivity contribution < 1.29 is 0 Å². The van der Waals surface area contributed by atoms with Gasteiger partial charge in [0.25, 0.3) is 0 Å². The average Bonchev–Trinajstić information content (AvgIpc) is 3.63. The van der Waals surface area contributed by atoms with E-state index in [0.717, 1.165) is 0 Å². The summed E-state index contributed by atoms with van der Waals surface area (Å²) in [6, 6.07) is 48.4. The van der Waals surface area contributed by atoms with Crippen LogP contribution < -0.4 is 0 Å². The Bertz CT molecular complexity index is 2380. The topological polar surface area (TPSA) is 14.8 Å². The van der Waals surface area contributed by atoms with Gasteiger partial charge in [-0.3, -0.25) is 0 Å². The molecule has 9 rings (SSSR count). The maximum atomic E-state index is 2.40. The number of rotatable bonds is 2. The molecule has 3 aromatic heterocycles. The summed E-state index contributed by atoms with van der Waals surface area (Å²) in [7, 11) is 2.22. The van der Waals surface area contributed by atoms with Gasteiger partial charge in [-0.15, -0.1) is 0 Å². The second kappa shape index (κ2) is 7.87. The highest BCUT2D eigenvalue weighted by atomic mass is 15.0. The van der Waals surface area contributed by atoms with Crippen LogP contribution in [0, 0.1) is 0 Å². The molecule has 40 heavy (non-hydrogen) atoms. The number of nitrogens with zero attached hydrogens (tertiary/aromatic N) is 3. The van der Waals surface area contributed by atoms with E-state index in [-0.39, 0.29) is 0 Å². The Morgan fingerprint density at radius 1 is 0.375 bits per heavy atom. The van der Waals surface area contributed by atoms with Crippen LogP contribution in [0.2, 0.25) is 0 Å². The number of aromatic nitrogens is 3. The van der Waals surface area contributed by atoms with E-state index in [1.807, 2.05) is 0 Å². The molecular weight excluding hydrogens is 486 g/mol. The van der Waals surface area contributed by atoms with Crippen molar-refractivity contribution in [2.75, 3.05) is 0 Å². The third kappa shape index (κ3) is 2.73. The molecule has 0 aliphatic carbocycles. The Hall–Kier alpha value is -5.28. The van der Waals surface area contributed by atoms with Crippen LogP contribution >= 0.6 is 0 Å². The van der Waals surface area contributed by atoms with Crippen LogP contribution in [0.3, 0.4) is 0 Å². The highest BCUT2D eigenvalue weighted by Crippen LogP contribution is 2.41. The van der Waals surface area contributed by atoms with Gasteiger partial charge in [0.1, 0.15) is 0 Å². The lowest BCUT2D eigenvalue weighted by Gasteiger charge is -2.09. The summed E-state index contributed by atoms with van der Waals surface area (Å²) in [6.45, 7) is 0. The lowest BCUT2D eigenvalue weighted by molar-refractivity contribution is 1.02. The highest BCUT2D eigenvalue weighted by molar-refractivity contribution is 6.25. The minimum absolute atomic E-state index is 1.18. The van der Waals surface area contributed by atoms with Crippen molar-refractivity contribution in [2.24, 2.45) is 7.05 Å². The van der Waals surface area contributed by atoms with Gasteiger partial charge in [-0.05, 0) is 48.5 Å². The van der Waals surface area contributed by atoms with Gasteiger partial charge in [-0.1, -0.05) is 84.9 Å². The Kier molecular flexibility index (Phi) is 4.26. The Morgan fingerprint density at radius 3 is 1.60 bits per heavy atom. The quantitative estimate of drug-likeness (QED) is 0.219. The first kappa shape index (κ1) is 21.6. The number of benzene rings is 6. The highest BCUT2D eigenvalue weighted by Gasteiger charge is 2.19. The predicted molar refractivity (Wildman–Crippen MR) is 169 cm³/mol. The first-order valence-corrected chi connectivity index (χ1v) is 13.8. The number of aryl methyl sites for hydroxylation is 1. The van der Waals surface area contributed by atoms with Gasteiger partial charge >= 0.3 is 0 Å². The maximum Gasteiger partial charge on any atom is 0.0590 e. The second-order valence-corrected chi connectivity index (χ2v) is 10.7. The molecule has 9 aromatic rings. The third-order valence-corrected chi connectivity index (χ3v) is 8.63. The van der Waals surface area contributed by atoms with Crippen LogP contribution in [-0.4, -0.2) is 13.7 Å². The maximum absolute atomic E-state index is 2.40. The van der Waals surface area contributed by atoms with Crippen molar-refractivity contribution in [3.05, 3.63) is 133 Å². The summed E-state index contributed by atoms with van der Waals surface area (Å²) >= 11 is 0. The lowest BCUT2D eigenvalue weighted by Crippen LogP contribution is -1.95. The molecule has 0 N–H and O–H groups in total. The molecular formula is C37H25N3. The summed E-state index contributed by atoms with van der Waals surface area (Å²) in [5.74, 6) is 0. The molecule has 0 aliphatic heterocycles. The summed E-state index contributed by atoms with van der Waals surface area (Å²) in [6.07, 6.45) is 0. The Morgan fingerprint density at radius 2 is 0.900 bits per heavy atom. The van der Waals surface area contributed by atoms with Crippen molar-refractivity contribution in [3.8, 4) is 11.4 Å². The van der Waals surface area contributed by atoms with E-state index in [1.165, 1.54) is 76.8 Å². The largest absolute Gasteiger partial charge is 0.343 e. The number of para-hydroxylation sites is 4. The van der Waals surface area contributed by atoms with E-state index in [1.54, 1.807) is 0 Å². The fraction of sp³-hybridized carbons (Fsp3) is 0.0270. The zero-order chi connectivity index (χ0) is 26.4. The molecule has 0 radical (unpaired) electrons. The van der Waals surface area contributed by atoms with Crippen LogP contribution in [0.15, 0.2) is 133 Å². The summed E-state index contributed by atoms with van der Waals surface area (Å²) in [5, 5.41) is 7.71. The van der Waals surface area contributed by atoms with Crippen LogP contribution in [-0.2, 0) is 7.05 Å². The van der Waals surface area contributed by atoms with Gasteiger partial charge in [0.15, 0.2) is 0 Å². The van der Waals surface area contributed by atoms with Gasteiger partial charge in [-0.2, -0.15) is 0 Å². The summed E-state index contributed by atoms with van der Waals surface area (Å²) < 4.78 is 7.19. The molecule has 0 aliphatic rings. The minimum Gasteiger partial charge on any atom is -0.343 e. The molecule has 3 nitrogen and oxygen atoms in total. The van der Waals surface area contributed by atoms with E-state index in [0.29, 0.717) is 0 Å². The van der Waals surface area contributed by atoms with E-state index in [2.05, 4.69) is 154 Å².